The van der Waals surface area contributed by atoms with E-state index < -0.39 is 0 Å². The van der Waals surface area contributed by atoms with Crippen LogP contribution >= 0.6 is 0 Å². The molecule has 0 amide bonds. The van der Waals surface area contributed by atoms with Crippen LogP contribution in [-0.2, 0) is 0 Å². The highest BCUT2D eigenvalue weighted by Crippen LogP contribution is 2.37. The Labute approximate surface area is 125 Å². The number of ketones is 2. The maximum Gasteiger partial charge on any atom is 0.194 e. The second kappa shape index (κ2) is 4.18. The SMILES string of the molecule is O=C1c2ccccc2C(=O)c2cc3c(O)c(O)ccc3cc21. The average molecular weight is 290 g/mol. The Morgan fingerprint density at radius 3 is 1.91 bits per heavy atom. The molecule has 0 bridgehead atoms. The van der Waals surface area contributed by atoms with Gasteiger partial charge in [0.05, 0.1) is 0 Å². The van der Waals surface area contributed by atoms with Crippen LogP contribution in [0.25, 0.3) is 10.8 Å². The Bertz CT molecular complexity index is 986. The third-order valence-corrected chi connectivity index (χ3v) is 4.01. The molecule has 1 aliphatic rings. The number of hydrogen-bond donors (Lipinski definition) is 2. The molecule has 4 heteroatoms. The van der Waals surface area contributed by atoms with Crippen molar-refractivity contribution in [2.24, 2.45) is 0 Å². The number of carbonyl (C=O) groups is 2. The molecule has 4 nitrogen and oxygen atoms in total. The third-order valence-electron chi connectivity index (χ3n) is 4.01. The molecule has 0 spiro atoms. The van der Waals surface area contributed by atoms with Gasteiger partial charge in [0.2, 0.25) is 0 Å². The van der Waals surface area contributed by atoms with Crippen LogP contribution in [0.5, 0.6) is 11.5 Å². The van der Waals surface area contributed by atoms with Crippen LogP contribution in [0.1, 0.15) is 31.8 Å². The zero-order valence-corrected chi connectivity index (χ0v) is 11.3. The van der Waals surface area contributed by atoms with E-state index in [2.05, 4.69) is 0 Å². The van der Waals surface area contributed by atoms with Gasteiger partial charge in [0.15, 0.2) is 23.1 Å². The van der Waals surface area contributed by atoms with Crippen molar-refractivity contribution in [2.45, 2.75) is 0 Å². The lowest BCUT2D eigenvalue weighted by atomic mass is 9.83. The van der Waals surface area contributed by atoms with Gasteiger partial charge in [0, 0.05) is 27.6 Å². The maximum absolute atomic E-state index is 12.6. The van der Waals surface area contributed by atoms with Crippen molar-refractivity contribution in [3.05, 3.63) is 70.8 Å². The summed E-state index contributed by atoms with van der Waals surface area (Å²) in [4.78, 5) is 25.2. The standard InChI is InChI=1S/C18H10O4/c19-15-6-5-9-7-13-14(8-12(9)18(15)22)17(21)11-4-2-1-3-10(11)16(13)20/h1-8,19,22H. The molecule has 22 heavy (non-hydrogen) atoms. The molecular formula is C18H10O4. The van der Waals surface area contributed by atoms with Gasteiger partial charge in [-0.2, -0.15) is 0 Å². The summed E-state index contributed by atoms with van der Waals surface area (Å²) in [5.41, 5.74) is 1.32. The molecule has 2 N–H and O–H groups in total. The van der Waals surface area contributed by atoms with E-state index in [-0.39, 0.29) is 28.6 Å². The first-order valence-electron chi connectivity index (χ1n) is 6.75. The van der Waals surface area contributed by atoms with Crippen molar-refractivity contribution < 1.29 is 19.8 Å². The van der Waals surface area contributed by atoms with Crippen molar-refractivity contribution in [1.29, 1.82) is 0 Å². The number of carbonyl (C=O) groups excluding carboxylic acids is 2. The minimum Gasteiger partial charge on any atom is -0.504 e. The van der Waals surface area contributed by atoms with Gasteiger partial charge in [-0.25, -0.2) is 0 Å². The Hall–Kier alpha value is -3.14. The summed E-state index contributed by atoms with van der Waals surface area (Å²) >= 11 is 0. The Balaban J connectivity index is 2.08. The molecule has 3 aromatic rings. The van der Waals surface area contributed by atoms with E-state index in [1.165, 1.54) is 12.1 Å². The fourth-order valence-corrected chi connectivity index (χ4v) is 2.89. The highest BCUT2D eigenvalue weighted by atomic mass is 16.3. The number of phenolic OH excluding ortho intramolecular Hbond substituents is 2. The number of fused-ring (bicyclic) bond motifs is 3. The molecule has 0 saturated carbocycles. The molecule has 106 valence electrons. The normalized spacial score (nSPS) is 13.1. The Kier molecular flexibility index (Phi) is 2.39. The predicted molar refractivity (Wildman–Crippen MR) is 80.6 cm³/mol. The summed E-state index contributed by atoms with van der Waals surface area (Å²) in [5.74, 6) is -1.02. The van der Waals surface area contributed by atoms with E-state index in [1.54, 1.807) is 36.4 Å². The van der Waals surface area contributed by atoms with E-state index in [4.69, 9.17) is 0 Å². The summed E-state index contributed by atoms with van der Waals surface area (Å²) in [7, 11) is 0. The molecule has 0 aliphatic heterocycles. The second-order valence-electron chi connectivity index (χ2n) is 5.26. The molecule has 0 radical (unpaired) electrons. The zero-order valence-electron chi connectivity index (χ0n) is 11.3. The number of phenols is 2. The second-order valence-corrected chi connectivity index (χ2v) is 5.26. The molecule has 0 aromatic heterocycles. The van der Waals surface area contributed by atoms with Crippen LogP contribution in [0.2, 0.25) is 0 Å². The van der Waals surface area contributed by atoms with Crippen LogP contribution in [-0.4, -0.2) is 21.8 Å². The zero-order chi connectivity index (χ0) is 15.4. The smallest absolute Gasteiger partial charge is 0.194 e. The number of benzene rings is 3. The first kappa shape index (κ1) is 12.6. The van der Waals surface area contributed by atoms with Gasteiger partial charge in [-0.3, -0.25) is 9.59 Å². The van der Waals surface area contributed by atoms with Crippen molar-refractivity contribution in [1.82, 2.24) is 0 Å². The van der Waals surface area contributed by atoms with Gasteiger partial charge in [0.1, 0.15) is 0 Å². The van der Waals surface area contributed by atoms with E-state index in [1.807, 2.05) is 0 Å². The summed E-state index contributed by atoms with van der Waals surface area (Å²) in [6.07, 6.45) is 0. The van der Waals surface area contributed by atoms with E-state index in [9.17, 15) is 19.8 Å². The Morgan fingerprint density at radius 1 is 0.682 bits per heavy atom. The molecule has 1 aliphatic carbocycles. The molecule has 4 rings (SSSR count). The summed E-state index contributed by atoms with van der Waals surface area (Å²) in [5, 5.41) is 20.5. The predicted octanol–water partition coefficient (Wildman–Crippen LogP) is 3.03. The fraction of sp³-hybridized carbons (Fsp3) is 0. The molecule has 0 saturated heterocycles. The van der Waals surface area contributed by atoms with E-state index >= 15 is 0 Å². The van der Waals surface area contributed by atoms with Crippen molar-refractivity contribution in [3.63, 3.8) is 0 Å². The Morgan fingerprint density at radius 2 is 1.27 bits per heavy atom. The van der Waals surface area contributed by atoms with Gasteiger partial charge in [-0.15, -0.1) is 0 Å². The lowest BCUT2D eigenvalue weighted by Gasteiger charge is -2.18. The van der Waals surface area contributed by atoms with E-state index in [0.717, 1.165) is 0 Å². The first-order valence-corrected chi connectivity index (χ1v) is 6.75. The summed E-state index contributed by atoms with van der Waals surface area (Å²) < 4.78 is 0. The summed E-state index contributed by atoms with van der Waals surface area (Å²) in [6.45, 7) is 0. The first-order chi connectivity index (χ1) is 10.6. The van der Waals surface area contributed by atoms with Crippen LogP contribution in [0.4, 0.5) is 0 Å². The molecule has 0 unspecified atom stereocenters. The van der Waals surface area contributed by atoms with Gasteiger partial charge in [-0.1, -0.05) is 30.3 Å². The highest BCUT2D eigenvalue weighted by Gasteiger charge is 2.30. The van der Waals surface area contributed by atoms with Gasteiger partial charge < -0.3 is 10.2 Å². The van der Waals surface area contributed by atoms with Gasteiger partial charge in [-0.05, 0) is 23.6 Å². The van der Waals surface area contributed by atoms with Crippen LogP contribution in [0, 0.1) is 0 Å². The molecular weight excluding hydrogens is 280 g/mol. The average Bonchev–Trinajstić information content (AvgIpc) is 2.55. The van der Waals surface area contributed by atoms with Crippen LogP contribution in [0.15, 0.2) is 48.5 Å². The summed E-state index contributed by atoms with van der Waals surface area (Å²) in [6, 6.07) is 12.7. The lowest BCUT2D eigenvalue weighted by Crippen LogP contribution is -2.20. The molecule has 0 fully saturated rings. The third kappa shape index (κ3) is 1.52. The number of rotatable bonds is 0. The van der Waals surface area contributed by atoms with Crippen molar-refractivity contribution in [2.75, 3.05) is 0 Å². The topological polar surface area (TPSA) is 74.6 Å². The maximum atomic E-state index is 12.6. The highest BCUT2D eigenvalue weighted by molar-refractivity contribution is 6.29. The minimum atomic E-state index is -0.292. The fourth-order valence-electron chi connectivity index (χ4n) is 2.89. The van der Waals surface area contributed by atoms with E-state index in [0.29, 0.717) is 27.5 Å². The molecule has 0 atom stereocenters. The minimum absolute atomic E-state index is 0.209. The quantitative estimate of drug-likeness (QED) is 0.488. The van der Waals surface area contributed by atoms with Crippen LogP contribution < -0.4 is 0 Å². The van der Waals surface area contributed by atoms with Crippen molar-refractivity contribution >= 4 is 22.3 Å². The van der Waals surface area contributed by atoms with Crippen LogP contribution in [0.3, 0.4) is 0 Å². The monoisotopic (exact) mass is 290 g/mol. The largest absolute Gasteiger partial charge is 0.504 e. The van der Waals surface area contributed by atoms with Gasteiger partial charge in [0.25, 0.3) is 0 Å². The number of hydrogen-bond acceptors (Lipinski definition) is 4. The van der Waals surface area contributed by atoms with Gasteiger partial charge >= 0.3 is 0 Å². The molecule has 3 aromatic carbocycles. The molecule has 0 heterocycles. The lowest BCUT2D eigenvalue weighted by molar-refractivity contribution is 0.0979. The van der Waals surface area contributed by atoms with Crippen molar-refractivity contribution in [3.8, 4) is 11.5 Å². The number of aromatic hydroxyl groups is 2.